The van der Waals surface area contributed by atoms with E-state index in [9.17, 15) is 9.59 Å². The normalized spacial score (nSPS) is 18.7. The molecule has 2 heterocycles. The van der Waals surface area contributed by atoms with Crippen LogP contribution >= 0.6 is 27.7 Å². The van der Waals surface area contributed by atoms with Crippen LogP contribution in [0.15, 0.2) is 63.0 Å². The molecule has 2 aromatic carbocycles. The number of rotatable bonds is 5. The van der Waals surface area contributed by atoms with Crippen LogP contribution < -0.4 is 0 Å². The highest BCUT2D eigenvalue weighted by molar-refractivity contribution is 9.10. The van der Waals surface area contributed by atoms with E-state index in [0.717, 1.165) is 22.1 Å². The van der Waals surface area contributed by atoms with Gasteiger partial charge < -0.3 is 0 Å². The molecule has 5 nitrogen and oxygen atoms in total. The molecule has 0 N–H and O–H groups in total. The summed E-state index contributed by atoms with van der Waals surface area (Å²) in [4.78, 5) is 36.8. The molecule has 0 saturated heterocycles. The monoisotopic (exact) mass is 469 g/mol. The second-order valence-corrected chi connectivity index (χ2v) is 8.95. The molecule has 2 atom stereocenters. The molecule has 2 aliphatic heterocycles. The van der Waals surface area contributed by atoms with Crippen LogP contribution in [0.2, 0.25) is 0 Å². The van der Waals surface area contributed by atoms with E-state index in [1.54, 1.807) is 17.0 Å². The van der Waals surface area contributed by atoms with Gasteiger partial charge in [-0.2, -0.15) is 0 Å². The van der Waals surface area contributed by atoms with Gasteiger partial charge in [0, 0.05) is 15.6 Å². The number of hydrogen-bond acceptors (Lipinski definition) is 5. The van der Waals surface area contributed by atoms with Crippen molar-refractivity contribution in [2.75, 3.05) is 5.75 Å². The molecule has 2 aromatic rings. The molecule has 29 heavy (non-hydrogen) atoms. The Hall–Kier alpha value is -2.25. The molecule has 2 aliphatic rings. The topological polar surface area (TPSA) is 62.1 Å². The molecule has 1 amide bonds. The van der Waals surface area contributed by atoms with Crippen molar-refractivity contribution in [2.24, 2.45) is 15.9 Å². The maximum atomic E-state index is 13.1. The summed E-state index contributed by atoms with van der Waals surface area (Å²) in [5.74, 6) is 0.917. The average molecular weight is 470 g/mol. The van der Waals surface area contributed by atoms with Crippen LogP contribution in [0.3, 0.4) is 0 Å². The van der Waals surface area contributed by atoms with Crippen LogP contribution in [0.5, 0.6) is 0 Å². The Kier molecular flexibility index (Phi) is 5.69. The molecule has 0 spiro atoms. The number of carbonyl (C=O) groups excluding carboxylic acids is 2. The van der Waals surface area contributed by atoms with Crippen molar-refractivity contribution in [3.05, 3.63) is 64.1 Å². The van der Waals surface area contributed by atoms with E-state index in [1.807, 2.05) is 43.3 Å². The third-order valence-corrected chi connectivity index (χ3v) is 6.65. The Morgan fingerprint density at radius 3 is 2.66 bits per heavy atom. The van der Waals surface area contributed by atoms with Crippen molar-refractivity contribution < 1.29 is 9.59 Å². The van der Waals surface area contributed by atoms with E-state index in [-0.39, 0.29) is 23.4 Å². The Labute approximate surface area is 182 Å². The van der Waals surface area contributed by atoms with Crippen molar-refractivity contribution >= 4 is 56.1 Å². The zero-order chi connectivity index (χ0) is 20.5. The minimum Gasteiger partial charge on any atom is -0.293 e. The average Bonchev–Trinajstić information content (AvgIpc) is 3.09. The van der Waals surface area contributed by atoms with Gasteiger partial charge in [0.25, 0.3) is 5.91 Å². The summed E-state index contributed by atoms with van der Waals surface area (Å²) >= 11 is 4.66. The maximum absolute atomic E-state index is 13.1. The highest BCUT2D eigenvalue weighted by Gasteiger charge is 2.43. The Morgan fingerprint density at radius 2 is 1.93 bits per heavy atom. The van der Waals surface area contributed by atoms with Gasteiger partial charge in [-0.25, -0.2) is 9.89 Å². The van der Waals surface area contributed by atoms with Crippen molar-refractivity contribution in [3.63, 3.8) is 0 Å². The number of thioether (sulfide) groups is 1. The van der Waals surface area contributed by atoms with Crippen LogP contribution in [-0.4, -0.2) is 39.4 Å². The third kappa shape index (κ3) is 3.81. The molecule has 4 rings (SSSR count). The summed E-state index contributed by atoms with van der Waals surface area (Å²) in [6.07, 6.45) is 0.865. The van der Waals surface area contributed by atoms with E-state index >= 15 is 0 Å². The van der Waals surface area contributed by atoms with E-state index in [4.69, 9.17) is 4.99 Å². The molecular formula is C22H20BrN3O2S. The molecular weight excluding hydrogens is 450 g/mol. The summed E-state index contributed by atoms with van der Waals surface area (Å²) in [6.45, 7) is 4.10. The first-order valence-electron chi connectivity index (χ1n) is 9.51. The number of nitrogens with zero attached hydrogens (tertiary/aromatic N) is 3. The lowest BCUT2D eigenvalue weighted by molar-refractivity contribution is -0.125. The number of amides is 1. The van der Waals surface area contributed by atoms with Gasteiger partial charge in [-0.3, -0.25) is 14.6 Å². The third-order valence-electron chi connectivity index (χ3n) is 5.18. The van der Waals surface area contributed by atoms with Crippen molar-refractivity contribution in [1.29, 1.82) is 0 Å². The van der Waals surface area contributed by atoms with Crippen LogP contribution in [0.1, 0.15) is 36.2 Å². The second kappa shape index (κ2) is 8.24. The summed E-state index contributed by atoms with van der Waals surface area (Å²) in [5, 5.41) is 0.517. The zero-order valence-electron chi connectivity index (χ0n) is 16.1. The maximum Gasteiger partial charge on any atom is 0.259 e. The second-order valence-electron chi connectivity index (χ2n) is 7.09. The van der Waals surface area contributed by atoms with Crippen LogP contribution in [-0.2, 0) is 4.79 Å². The largest absolute Gasteiger partial charge is 0.293 e. The molecule has 0 aliphatic carbocycles. The summed E-state index contributed by atoms with van der Waals surface area (Å²) in [6, 6.07) is 14.5. The highest BCUT2D eigenvalue weighted by atomic mass is 79.9. The number of para-hydroxylation sites is 1. The van der Waals surface area contributed by atoms with E-state index in [1.165, 1.54) is 11.8 Å². The van der Waals surface area contributed by atoms with Gasteiger partial charge in [0.15, 0.2) is 11.0 Å². The predicted octanol–water partition coefficient (Wildman–Crippen LogP) is 5.07. The first-order valence-corrected chi connectivity index (χ1v) is 11.3. The van der Waals surface area contributed by atoms with Crippen molar-refractivity contribution in [3.8, 4) is 0 Å². The standard InChI is InChI=1S/C22H20BrN3O2S/c1-3-13(2)19-21(28)26-20(25-19)16-6-4-5-7-17(16)24-22(26)29-12-18(27)14-8-10-15(23)11-9-14/h4-11,13,19H,3,12H2,1-2H3/t13-,19-/m1/s1. The first-order chi connectivity index (χ1) is 14.0. The predicted molar refractivity (Wildman–Crippen MR) is 121 cm³/mol. The summed E-state index contributed by atoms with van der Waals surface area (Å²) in [7, 11) is 0. The van der Waals surface area contributed by atoms with Crippen molar-refractivity contribution in [2.45, 2.75) is 26.3 Å². The van der Waals surface area contributed by atoms with E-state index in [2.05, 4.69) is 27.8 Å². The Balaban J connectivity index is 1.62. The lowest BCUT2D eigenvalue weighted by Crippen LogP contribution is -2.42. The van der Waals surface area contributed by atoms with Gasteiger partial charge in [0.2, 0.25) is 0 Å². The number of hydrogen-bond donors (Lipinski definition) is 0. The number of carbonyl (C=O) groups is 2. The Bertz CT molecular complexity index is 1030. The zero-order valence-corrected chi connectivity index (χ0v) is 18.5. The van der Waals surface area contributed by atoms with E-state index < -0.39 is 6.04 Å². The highest BCUT2D eigenvalue weighted by Crippen LogP contribution is 2.35. The SMILES string of the molecule is CC[C@@H](C)[C@H]1N=C2c3ccccc3N=C(SCC(=O)c3ccc(Br)cc3)N2C1=O. The molecule has 0 bridgehead atoms. The van der Waals surface area contributed by atoms with Gasteiger partial charge in [-0.05, 0) is 30.2 Å². The number of fused-ring (bicyclic) bond motifs is 3. The summed E-state index contributed by atoms with van der Waals surface area (Å²) < 4.78 is 0.926. The molecule has 0 radical (unpaired) electrons. The fourth-order valence-electron chi connectivity index (χ4n) is 3.31. The number of ketones is 1. The van der Waals surface area contributed by atoms with E-state index in [0.29, 0.717) is 16.6 Å². The lowest BCUT2D eigenvalue weighted by atomic mass is 10.00. The molecule has 7 heteroatoms. The fraction of sp³-hybridized carbons (Fsp3) is 0.273. The lowest BCUT2D eigenvalue weighted by Gasteiger charge is -2.25. The first kappa shape index (κ1) is 20.0. The Morgan fingerprint density at radius 1 is 1.21 bits per heavy atom. The number of Topliss-reactive ketones (excluding diaryl/α,β-unsaturated/α-hetero) is 1. The smallest absolute Gasteiger partial charge is 0.259 e. The van der Waals surface area contributed by atoms with Crippen LogP contribution in [0, 0.1) is 5.92 Å². The molecule has 0 unspecified atom stereocenters. The van der Waals surface area contributed by atoms with Gasteiger partial charge in [-0.15, -0.1) is 0 Å². The quantitative estimate of drug-likeness (QED) is 0.574. The molecule has 148 valence electrons. The molecule has 0 saturated carbocycles. The number of aliphatic imine (C=N–C) groups is 2. The number of amidine groups is 2. The number of halogens is 1. The van der Waals surface area contributed by atoms with Gasteiger partial charge >= 0.3 is 0 Å². The molecule has 0 fully saturated rings. The van der Waals surface area contributed by atoms with Crippen LogP contribution in [0.4, 0.5) is 5.69 Å². The van der Waals surface area contributed by atoms with Crippen molar-refractivity contribution in [1.82, 2.24) is 4.90 Å². The number of benzene rings is 2. The minimum absolute atomic E-state index is 0.00679. The van der Waals surface area contributed by atoms with Gasteiger partial charge in [-0.1, -0.05) is 72.2 Å². The van der Waals surface area contributed by atoms with Gasteiger partial charge in [0.05, 0.1) is 11.4 Å². The van der Waals surface area contributed by atoms with Crippen LogP contribution in [0.25, 0.3) is 0 Å². The fourth-order valence-corrected chi connectivity index (χ4v) is 4.47. The minimum atomic E-state index is -0.408. The van der Waals surface area contributed by atoms with Gasteiger partial charge in [0.1, 0.15) is 11.9 Å². The molecule has 0 aromatic heterocycles. The summed E-state index contributed by atoms with van der Waals surface area (Å²) in [5.41, 5.74) is 2.27.